The molecule has 4 heterocycles. The van der Waals surface area contributed by atoms with Crippen LogP contribution in [0.2, 0.25) is 0 Å². The van der Waals surface area contributed by atoms with Gasteiger partial charge in [0, 0.05) is 30.9 Å². The van der Waals surface area contributed by atoms with Crippen LogP contribution in [0.25, 0.3) is 0 Å². The van der Waals surface area contributed by atoms with Crippen LogP contribution in [0.15, 0.2) is 6.07 Å². The van der Waals surface area contributed by atoms with Crippen molar-refractivity contribution in [1.29, 1.82) is 0 Å². The van der Waals surface area contributed by atoms with E-state index in [-0.39, 0.29) is 24.3 Å². The molecule has 0 aromatic carbocycles. The van der Waals surface area contributed by atoms with Gasteiger partial charge in [-0.25, -0.2) is 9.97 Å². The molecular formula is C14H20ClN5O. The Hall–Kier alpha value is -1.40. The number of nitrogens with two attached hydrogens (primary N) is 1. The highest BCUT2D eigenvalue weighted by Gasteiger charge is 2.56. The number of amides is 1. The fourth-order valence-corrected chi connectivity index (χ4v) is 4.40. The molecule has 1 amide bonds. The minimum absolute atomic E-state index is 0. The molecule has 3 fully saturated rings. The third-order valence-electron chi connectivity index (χ3n) is 5.10. The molecule has 7 heteroatoms. The second-order valence-corrected chi connectivity index (χ2v) is 6.16. The lowest BCUT2D eigenvalue weighted by Gasteiger charge is -2.24. The molecule has 114 valence electrons. The Morgan fingerprint density at radius 1 is 1.29 bits per heavy atom. The van der Waals surface area contributed by atoms with Crippen molar-refractivity contribution in [3.63, 3.8) is 0 Å². The topological polar surface area (TPSA) is 84.1 Å². The van der Waals surface area contributed by atoms with Crippen molar-refractivity contribution in [2.24, 2.45) is 11.8 Å². The maximum Gasteiger partial charge on any atom is 0.273 e. The number of anilines is 1. The first-order valence-corrected chi connectivity index (χ1v) is 7.29. The van der Waals surface area contributed by atoms with Gasteiger partial charge < -0.3 is 16.0 Å². The Balaban J connectivity index is 0.00000132. The third kappa shape index (κ3) is 2.08. The van der Waals surface area contributed by atoms with Crippen molar-refractivity contribution in [2.75, 3.05) is 18.8 Å². The summed E-state index contributed by atoms with van der Waals surface area (Å²) in [6.45, 7) is 3.92. The van der Waals surface area contributed by atoms with Gasteiger partial charge in [0.2, 0.25) is 5.95 Å². The quantitative estimate of drug-likeness (QED) is 0.794. The first-order valence-electron chi connectivity index (χ1n) is 7.29. The zero-order chi connectivity index (χ0) is 13.9. The maximum absolute atomic E-state index is 12.8. The molecule has 2 bridgehead atoms. The predicted molar refractivity (Wildman–Crippen MR) is 81.3 cm³/mol. The molecular weight excluding hydrogens is 290 g/mol. The Kier molecular flexibility index (Phi) is 3.53. The third-order valence-corrected chi connectivity index (χ3v) is 5.10. The van der Waals surface area contributed by atoms with Gasteiger partial charge in [-0.1, -0.05) is 0 Å². The van der Waals surface area contributed by atoms with Crippen LogP contribution in [-0.2, 0) is 0 Å². The largest absolute Gasteiger partial charge is 0.368 e. The minimum atomic E-state index is 0. The van der Waals surface area contributed by atoms with E-state index < -0.39 is 0 Å². The van der Waals surface area contributed by atoms with Gasteiger partial charge in [0.05, 0.1) is 0 Å². The molecule has 1 aromatic heterocycles. The summed E-state index contributed by atoms with van der Waals surface area (Å²) in [6.07, 6.45) is 2.25. The van der Waals surface area contributed by atoms with E-state index in [0.717, 1.165) is 31.6 Å². The summed E-state index contributed by atoms with van der Waals surface area (Å²) in [7, 11) is 0. The maximum atomic E-state index is 12.8. The van der Waals surface area contributed by atoms with Crippen LogP contribution in [0.3, 0.4) is 0 Å². The number of nitrogens with zero attached hydrogens (tertiary/aromatic N) is 3. The number of hydrogen-bond acceptors (Lipinski definition) is 5. The van der Waals surface area contributed by atoms with Crippen LogP contribution in [0.1, 0.15) is 29.0 Å². The summed E-state index contributed by atoms with van der Waals surface area (Å²) < 4.78 is 0. The first kappa shape index (κ1) is 14.5. The van der Waals surface area contributed by atoms with Crippen LogP contribution in [0.5, 0.6) is 0 Å². The highest BCUT2D eigenvalue weighted by atomic mass is 35.5. The zero-order valence-electron chi connectivity index (χ0n) is 12.0. The van der Waals surface area contributed by atoms with Crippen LogP contribution in [-0.4, -0.2) is 45.9 Å². The summed E-state index contributed by atoms with van der Waals surface area (Å²) >= 11 is 0. The number of nitrogen functional groups attached to an aromatic ring is 1. The van der Waals surface area contributed by atoms with E-state index in [2.05, 4.69) is 20.2 Å². The predicted octanol–water partition coefficient (Wildman–Crippen LogP) is 0.611. The number of fused-ring (bicyclic) bond motifs is 5. The molecule has 0 radical (unpaired) electrons. The monoisotopic (exact) mass is 309 g/mol. The summed E-state index contributed by atoms with van der Waals surface area (Å²) in [5.74, 6) is 1.46. The second kappa shape index (κ2) is 5.10. The molecule has 3 N–H and O–H groups in total. The fraction of sp³-hybridized carbons (Fsp3) is 0.643. The summed E-state index contributed by atoms with van der Waals surface area (Å²) in [6, 6.07) is 2.50. The van der Waals surface area contributed by atoms with Crippen molar-refractivity contribution in [3.8, 4) is 0 Å². The average Bonchev–Trinajstić information content (AvgIpc) is 3.08. The van der Waals surface area contributed by atoms with Gasteiger partial charge in [-0.2, -0.15) is 0 Å². The van der Waals surface area contributed by atoms with Gasteiger partial charge >= 0.3 is 0 Å². The second-order valence-electron chi connectivity index (χ2n) is 6.16. The van der Waals surface area contributed by atoms with E-state index in [1.165, 1.54) is 0 Å². The average molecular weight is 310 g/mol. The van der Waals surface area contributed by atoms with Crippen LogP contribution in [0.4, 0.5) is 5.95 Å². The van der Waals surface area contributed by atoms with Crippen LogP contribution < -0.4 is 11.1 Å². The van der Waals surface area contributed by atoms with Gasteiger partial charge in [-0.3, -0.25) is 4.79 Å². The van der Waals surface area contributed by atoms with Gasteiger partial charge in [-0.05, 0) is 37.7 Å². The zero-order valence-corrected chi connectivity index (χ0v) is 12.8. The normalized spacial score (nSPS) is 32.9. The molecule has 0 aliphatic carbocycles. The highest BCUT2D eigenvalue weighted by Crippen LogP contribution is 2.47. The molecule has 21 heavy (non-hydrogen) atoms. The van der Waals surface area contributed by atoms with Crippen LogP contribution in [0, 0.1) is 18.8 Å². The molecule has 1 aromatic rings. The molecule has 0 saturated carbocycles. The van der Waals surface area contributed by atoms with E-state index >= 15 is 0 Å². The van der Waals surface area contributed by atoms with Gasteiger partial charge in [-0.15, -0.1) is 12.4 Å². The number of halogens is 1. The van der Waals surface area contributed by atoms with E-state index in [1.54, 1.807) is 6.07 Å². The van der Waals surface area contributed by atoms with Crippen molar-refractivity contribution >= 4 is 24.3 Å². The Morgan fingerprint density at radius 2 is 1.90 bits per heavy atom. The Morgan fingerprint density at radius 3 is 2.48 bits per heavy atom. The lowest BCUT2D eigenvalue weighted by molar-refractivity contribution is 0.0703. The molecule has 3 aliphatic rings. The summed E-state index contributed by atoms with van der Waals surface area (Å²) in [4.78, 5) is 23.1. The fourth-order valence-electron chi connectivity index (χ4n) is 4.40. The number of carbonyl (C=O) groups excluding carboxylic acids is 1. The standard InChI is InChI=1S/C14H19N5O.ClH/c1-7-4-10(18-14(15)17-7)13(20)19-11-2-3-12(19)9-6-16-5-8(9)11;/h4,8-9,11-12,16H,2-3,5-6H2,1H3,(H2,15,17,18);1H/t8-,9+,11-,12+;. The van der Waals surface area contributed by atoms with E-state index in [1.807, 2.05) is 6.92 Å². The molecule has 3 aliphatic heterocycles. The van der Waals surface area contributed by atoms with Gasteiger partial charge in [0.15, 0.2) is 0 Å². The number of rotatable bonds is 1. The molecule has 0 spiro atoms. The number of aromatic nitrogens is 2. The number of nitrogens with one attached hydrogen (secondary N) is 1. The van der Waals surface area contributed by atoms with Crippen molar-refractivity contribution in [3.05, 3.63) is 17.5 Å². The van der Waals surface area contributed by atoms with E-state index in [4.69, 9.17) is 5.73 Å². The van der Waals surface area contributed by atoms with Gasteiger partial charge in [0.25, 0.3) is 5.91 Å². The van der Waals surface area contributed by atoms with E-state index in [0.29, 0.717) is 29.6 Å². The molecule has 4 atom stereocenters. The minimum Gasteiger partial charge on any atom is -0.368 e. The molecule has 0 unspecified atom stereocenters. The smallest absolute Gasteiger partial charge is 0.273 e. The highest BCUT2D eigenvalue weighted by molar-refractivity contribution is 5.93. The molecule has 4 rings (SSSR count). The van der Waals surface area contributed by atoms with Crippen molar-refractivity contribution < 1.29 is 4.79 Å². The number of hydrogen-bond donors (Lipinski definition) is 2. The lowest BCUT2D eigenvalue weighted by atomic mass is 9.82. The molecule has 3 saturated heterocycles. The number of aryl methyl sites for hydroxylation is 1. The van der Waals surface area contributed by atoms with Crippen molar-refractivity contribution in [1.82, 2.24) is 20.2 Å². The van der Waals surface area contributed by atoms with Crippen LogP contribution >= 0.6 is 12.4 Å². The summed E-state index contributed by atoms with van der Waals surface area (Å²) in [5.41, 5.74) is 6.86. The SMILES string of the molecule is Cc1cc(C(=O)N2[C@@H]3CC[C@H]2[C@H]2CNC[C@H]23)nc(N)n1.Cl. The first-order chi connectivity index (χ1) is 9.65. The Bertz CT molecular complexity index is 542. The lowest BCUT2D eigenvalue weighted by Crippen LogP contribution is -2.39. The van der Waals surface area contributed by atoms with Gasteiger partial charge in [0.1, 0.15) is 5.69 Å². The summed E-state index contributed by atoms with van der Waals surface area (Å²) in [5, 5.41) is 3.46. The Labute approximate surface area is 129 Å². The van der Waals surface area contributed by atoms with Crippen molar-refractivity contribution in [2.45, 2.75) is 31.8 Å². The van der Waals surface area contributed by atoms with E-state index in [9.17, 15) is 4.79 Å². The molecule has 6 nitrogen and oxygen atoms in total. The number of carbonyl (C=O) groups is 1.